The highest BCUT2D eigenvalue weighted by Gasteiger charge is 2.47. The third-order valence-electron chi connectivity index (χ3n) is 6.48. The van der Waals surface area contributed by atoms with Gasteiger partial charge in [-0.3, -0.25) is 14.5 Å². The molecule has 2 aliphatic heterocycles. The summed E-state index contributed by atoms with van der Waals surface area (Å²) < 4.78 is 11.2. The molecule has 0 spiro atoms. The Kier molecular flexibility index (Phi) is 5.38. The fourth-order valence-corrected chi connectivity index (χ4v) is 4.96. The Morgan fingerprint density at radius 3 is 2.39 bits per heavy atom. The van der Waals surface area contributed by atoms with E-state index >= 15 is 0 Å². The van der Waals surface area contributed by atoms with Gasteiger partial charge in [0.05, 0.1) is 11.6 Å². The van der Waals surface area contributed by atoms with Crippen LogP contribution in [-0.4, -0.2) is 30.0 Å². The highest BCUT2D eigenvalue weighted by molar-refractivity contribution is 6.52. The van der Waals surface area contributed by atoms with Gasteiger partial charge >= 0.3 is 0 Å². The van der Waals surface area contributed by atoms with Crippen molar-refractivity contribution in [3.63, 3.8) is 0 Å². The smallest absolute Gasteiger partial charge is 0.300 e. The summed E-state index contributed by atoms with van der Waals surface area (Å²) in [5.74, 6) is -0.742. The number of anilines is 1. The van der Waals surface area contributed by atoms with Gasteiger partial charge < -0.3 is 14.6 Å². The third-order valence-corrected chi connectivity index (χ3v) is 6.73. The van der Waals surface area contributed by atoms with Crippen molar-refractivity contribution in [1.29, 1.82) is 0 Å². The lowest BCUT2D eigenvalue weighted by atomic mass is 9.91. The van der Waals surface area contributed by atoms with Gasteiger partial charge in [0.2, 0.25) is 0 Å². The number of hydrogen-bond acceptors (Lipinski definition) is 5. The Morgan fingerprint density at radius 2 is 1.58 bits per heavy atom. The van der Waals surface area contributed by atoms with Gasteiger partial charge in [-0.05, 0) is 58.8 Å². The van der Waals surface area contributed by atoms with Gasteiger partial charge in [-0.25, -0.2) is 0 Å². The SMILES string of the molecule is O=C1C(=O)N(c2ccc(Cl)cc2)C(c2cccc3ccccc23)/C1=C(/O)c1ccc2c(c1)OCCO2. The van der Waals surface area contributed by atoms with E-state index in [1.165, 1.54) is 4.90 Å². The highest BCUT2D eigenvalue weighted by Crippen LogP contribution is 2.45. The molecule has 1 N–H and O–H groups in total. The predicted molar refractivity (Wildman–Crippen MR) is 138 cm³/mol. The lowest BCUT2D eigenvalue weighted by Gasteiger charge is -2.26. The van der Waals surface area contributed by atoms with E-state index in [-0.39, 0.29) is 11.3 Å². The van der Waals surface area contributed by atoms with Crippen LogP contribution in [-0.2, 0) is 9.59 Å². The molecule has 1 amide bonds. The molecule has 1 saturated heterocycles. The molecule has 4 aromatic carbocycles. The van der Waals surface area contributed by atoms with Crippen molar-refractivity contribution in [3.8, 4) is 11.5 Å². The number of Topliss-reactive ketones (excluding diaryl/α,β-unsaturated/α-hetero) is 1. The van der Waals surface area contributed by atoms with Crippen molar-refractivity contribution >= 4 is 45.5 Å². The molecular weight excluding hydrogens is 478 g/mol. The number of aliphatic hydroxyl groups excluding tert-OH is 1. The predicted octanol–water partition coefficient (Wildman–Crippen LogP) is 5.89. The average Bonchev–Trinajstić information content (AvgIpc) is 3.18. The van der Waals surface area contributed by atoms with Crippen LogP contribution in [0.15, 0.2) is 90.5 Å². The van der Waals surface area contributed by atoms with E-state index < -0.39 is 17.7 Å². The molecule has 1 unspecified atom stereocenters. The van der Waals surface area contributed by atoms with E-state index in [4.69, 9.17) is 21.1 Å². The van der Waals surface area contributed by atoms with E-state index in [2.05, 4.69) is 0 Å². The minimum atomic E-state index is -0.856. The second-order valence-corrected chi connectivity index (χ2v) is 9.01. The lowest BCUT2D eigenvalue weighted by Crippen LogP contribution is -2.29. The summed E-state index contributed by atoms with van der Waals surface area (Å²) in [5, 5.41) is 13.8. The van der Waals surface area contributed by atoms with Crippen LogP contribution < -0.4 is 14.4 Å². The van der Waals surface area contributed by atoms with Crippen LogP contribution in [0.4, 0.5) is 5.69 Å². The maximum absolute atomic E-state index is 13.5. The Morgan fingerprint density at radius 1 is 0.861 bits per heavy atom. The summed E-state index contributed by atoms with van der Waals surface area (Å²) in [7, 11) is 0. The summed E-state index contributed by atoms with van der Waals surface area (Å²) in [6.07, 6.45) is 0. The molecule has 36 heavy (non-hydrogen) atoms. The maximum atomic E-state index is 13.5. The maximum Gasteiger partial charge on any atom is 0.300 e. The zero-order chi connectivity index (χ0) is 24.8. The van der Waals surface area contributed by atoms with Gasteiger partial charge in [-0.15, -0.1) is 0 Å². The number of benzene rings is 4. The zero-order valence-electron chi connectivity index (χ0n) is 19.0. The standard InChI is InChI=1S/C29H20ClNO5/c30-19-9-11-20(12-10-19)31-26(22-7-3-5-17-4-1-2-6-21(17)22)25(28(33)29(31)34)27(32)18-8-13-23-24(16-18)36-15-14-35-23/h1-13,16,26,32H,14-15H2/b27-25-. The first-order valence-electron chi connectivity index (χ1n) is 11.5. The number of amides is 1. The molecule has 6 nitrogen and oxygen atoms in total. The fourth-order valence-electron chi connectivity index (χ4n) is 4.83. The van der Waals surface area contributed by atoms with E-state index in [1.807, 2.05) is 42.5 Å². The van der Waals surface area contributed by atoms with E-state index in [0.717, 1.165) is 16.3 Å². The number of carbonyl (C=O) groups is 2. The lowest BCUT2D eigenvalue weighted by molar-refractivity contribution is -0.132. The Bertz CT molecular complexity index is 1550. The van der Waals surface area contributed by atoms with Crippen LogP contribution in [0, 0.1) is 0 Å². The molecule has 0 aliphatic carbocycles. The van der Waals surface area contributed by atoms with Gasteiger partial charge in [0.25, 0.3) is 11.7 Å². The number of aliphatic hydroxyl groups is 1. The number of rotatable bonds is 3. The van der Waals surface area contributed by atoms with Crippen LogP contribution in [0.1, 0.15) is 17.2 Å². The second-order valence-electron chi connectivity index (χ2n) is 8.57. The summed E-state index contributed by atoms with van der Waals surface area (Å²) in [6, 6.07) is 24.3. The topological polar surface area (TPSA) is 76.1 Å². The number of carbonyl (C=O) groups excluding carboxylic acids is 2. The molecule has 4 aromatic rings. The first kappa shape index (κ1) is 22.2. The van der Waals surface area contributed by atoms with E-state index in [9.17, 15) is 14.7 Å². The second kappa shape index (κ2) is 8.73. The minimum absolute atomic E-state index is 0.00276. The molecule has 1 fully saturated rings. The normalized spacial score (nSPS) is 18.6. The molecule has 2 heterocycles. The number of ketones is 1. The number of fused-ring (bicyclic) bond motifs is 2. The van der Waals surface area contributed by atoms with E-state index in [1.54, 1.807) is 42.5 Å². The summed E-state index contributed by atoms with van der Waals surface area (Å²) in [6.45, 7) is 0.819. The van der Waals surface area contributed by atoms with Crippen LogP contribution >= 0.6 is 11.6 Å². The van der Waals surface area contributed by atoms with E-state index in [0.29, 0.717) is 41.0 Å². The van der Waals surface area contributed by atoms with Crippen LogP contribution in [0.5, 0.6) is 11.5 Å². The Labute approximate surface area is 211 Å². The number of hydrogen-bond donors (Lipinski definition) is 1. The molecule has 7 heteroatoms. The van der Waals surface area contributed by atoms with Gasteiger partial charge in [0, 0.05) is 16.3 Å². The monoisotopic (exact) mass is 497 g/mol. The minimum Gasteiger partial charge on any atom is -0.507 e. The van der Waals surface area contributed by atoms with Gasteiger partial charge in [-0.1, -0.05) is 54.1 Å². The fraction of sp³-hybridized carbons (Fsp3) is 0.103. The summed E-state index contributed by atoms with van der Waals surface area (Å²) in [4.78, 5) is 28.4. The van der Waals surface area contributed by atoms with Crippen molar-refractivity contribution in [1.82, 2.24) is 0 Å². The van der Waals surface area contributed by atoms with Crippen molar-refractivity contribution in [2.24, 2.45) is 0 Å². The molecule has 0 radical (unpaired) electrons. The van der Waals surface area contributed by atoms with Crippen LogP contribution in [0.3, 0.4) is 0 Å². The molecule has 2 aliphatic rings. The van der Waals surface area contributed by atoms with Crippen molar-refractivity contribution < 1.29 is 24.2 Å². The van der Waals surface area contributed by atoms with Crippen LogP contribution in [0.25, 0.3) is 16.5 Å². The van der Waals surface area contributed by atoms with Gasteiger partial charge in [0.15, 0.2) is 11.5 Å². The van der Waals surface area contributed by atoms with Gasteiger partial charge in [0.1, 0.15) is 19.0 Å². The molecule has 0 saturated carbocycles. The molecule has 0 bridgehead atoms. The zero-order valence-corrected chi connectivity index (χ0v) is 19.7. The largest absolute Gasteiger partial charge is 0.507 e. The highest BCUT2D eigenvalue weighted by atomic mass is 35.5. The van der Waals surface area contributed by atoms with Crippen molar-refractivity contribution in [3.05, 3.63) is 107 Å². The van der Waals surface area contributed by atoms with Gasteiger partial charge in [-0.2, -0.15) is 0 Å². The summed E-state index contributed by atoms with van der Waals surface area (Å²) in [5.41, 5.74) is 1.59. The van der Waals surface area contributed by atoms with Crippen molar-refractivity contribution in [2.75, 3.05) is 18.1 Å². The number of ether oxygens (including phenoxy) is 2. The molecule has 6 rings (SSSR count). The van der Waals surface area contributed by atoms with Crippen LogP contribution in [0.2, 0.25) is 5.02 Å². The van der Waals surface area contributed by atoms with Crippen molar-refractivity contribution in [2.45, 2.75) is 6.04 Å². The third kappa shape index (κ3) is 3.58. The molecular formula is C29H20ClNO5. The quantitative estimate of drug-likeness (QED) is 0.217. The molecule has 1 atom stereocenters. The Balaban J connectivity index is 1.59. The first-order chi connectivity index (χ1) is 17.5. The number of halogens is 1. The number of nitrogens with zero attached hydrogens (tertiary/aromatic N) is 1. The first-order valence-corrected chi connectivity index (χ1v) is 11.8. The summed E-state index contributed by atoms with van der Waals surface area (Å²) >= 11 is 6.09. The molecule has 0 aromatic heterocycles. The Hall–Kier alpha value is -4.29. The molecule has 178 valence electrons. The average molecular weight is 498 g/mol.